The van der Waals surface area contributed by atoms with Gasteiger partial charge in [0.25, 0.3) is 0 Å². The summed E-state index contributed by atoms with van der Waals surface area (Å²) in [4.78, 5) is 0.102. The fourth-order valence-electron chi connectivity index (χ4n) is 2.77. The maximum absolute atomic E-state index is 13.7. The van der Waals surface area contributed by atoms with Crippen LogP contribution in [0.25, 0.3) is 0 Å². The maximum atomic E-state index is 13.7. The van der Waals surface area contributed by atoms with E-state index in [1.54, 1.807) is 6.07 Å². The third-order valence-electron chi connectivity index (χ3n) is 4.09. The van der Waals surface area contributed by atoms with E-state index in [9.17, 15) is 4.39 Å². The minimum atomic E-state index is -0.353. The average Bonchev–Trinajstić information content (AvgIpc) is 2.37. The number of nitrogens with two attached hydrogens (primary N) is 1. The molecule has 3 N–H and O–H groups in total. The number of hydrogen-bond donors (Lipinski definition) is 2. The second-order valence-corrected chi connectivity index (χ2v) is 5.90. The van der Waals surface area contributed by atoms with Gasteiger partial charge in [-0.1, -0.05) is 38.4 Å². The Morgan fingerprint density at radius 1 is 1.42 bits per heavy atom. The Bertz CT molecular complexity index is 461. The monoisotopic (exact) mass is 280 g/mol. The molecule has 0 aromatic heterocycles. The predicted molar refractivity (Wildman–Crippen MR) is 81.9 cm³/mol. The Labute approximate surface area is 119 Å². The first-order valence-corrected chi connectivity index (χ1v) is 7.32. The fraction of sp³-hybridized carbons (Fsp3) is 0.533. The molecular weight excluding hydrogens is 259 g/mol. The second-order valence-electron chi connectivity index (χ2n) is 5.46. The summed E-state index contributed by atoms with van der Waals surface area (Å²) in [5.41, 5.74) is 6.56. The second kappa shape index (κ2) is 6.33. The lowest BCUT2D eigenvalue weighted by molar-refractivity contribution is 0.268. The number of rotatable bonds is 4. The van der Waals surface area contributed by atoms with Gasteiger partial charge in [-0.25, -0.2) is 4.39 Å². The van der Waals surface area contributed by atoms with Crippen LogP contribution in [-0.2, 0) is 0 Å². The largest absolute Gasteiger partial charge is 0.389 e. The molecule has 2 rings (SSSR count). The molecule has 19 heavy (non-hydrogen) atoms. The van der Waals surface area contributed by atoms with Crippen LogP contribution in [0.15, 0.2) is 18.2 Å². The van der Waals surface area contributed by atoms with E-state index in [-0.39, 0.29) is 10.8 Å². The van der Waals surface area contributed by atoms with Crippen LogP contribution in [0.1, 0.15) is 38.2 Å². The van der Waals surface area contributed by atoms with Gasteiger partial charge in [0.15, 0.2) is 0 Å². The van der Waals surface area contributed by atoms with Crippen LogP contribution < -0.4 is 11.1 Å². The third-order valence-corrected chi connectivity index (χ3v) is 4.31. The zero-order valence-corrected chi connectivity index (χ0v) is 12.1. The van der Waals surface area contributed by atoms with Crippen LogP contribution in [0, 0.1) is 17.7 Å². The number of halogens is 1. The van der Waals surface area contributed by atoms with Crippen molar-refractivity contribution in [3.05, 3.63) is 29.6 Å². The molecule has 1 aromatic rings. The number of nitrogens with one attached hydrogen (secondary N) is 1. The molecule has 1 aromatic carbocycles. The van der Waals surface area contributed by atoms with Gasteiger partial charge >= 0.3 is 0 Å². The highest BCUT2D eigenvalue weighted by Gasteiger charge is 2.20. The van der Waals surface area contributed by atoms with Crippen molar-refractivity contribution in [3.63, 3.8) is 0 Å². The van der Waals surface area contributed by atoms with E-state index < -0.39 is 0 Å². The molecule has 0 aliphatic heterocycles. The highest BCUT2D eigenvalue weighted by atomic mass is 32.1. The van der Waals surface area contributed by atoms with Gasteiger partial charge in [-0.05, 0) is 36.5 Å². The third kappa shape index (κ3) is 3.66. The first-order chi connectivity index (χ1) is 9.08. The molecule has 2 nitrogen and oxygen atoms in total. The Hall–Kier alpha value is -1.16. The van der Waals surface area contributed by atoms with Crippen LogP contribution in [0.3, 0.4) is 0 Å². The lowest BCUT2D eigenvalue weighted by Crippen LogP contribution is -2.24. The molecule has 4 heteroatoms. The standard InChI is InChI=1S/C15H21FN2S/c1-10-4-2-3-5-11(10)9-18-12-6-7-13(15(17)19)14(16)8-12/h6-8,10-11,18H,2-5,9H2,1H3,(H2,17,19). The predicted octanol–water partition coefficient (Wildman–Crippen LogP) is 3.70. The van der Waals surface area contributed by atoms with Crippen molar-refractivity contribution >= 4 is 22.9 Å². The van der Waals surface area contributed by atoms with Gasteiger partial charge in [0.1, 0.15) is 10.8 Å². The summed E-state index contributed by atoms with van der Waals surface area (Å²) < 4.78 is 13.7. The molecule has 2 unspecified atom stereocenters. The van der Waals surface area contributed by atoms with E-state index in [1.165, 1.54) is 31.7 Å². The molecular formula is C15H21FN2S. The number of benzene rings is 1. The molecule has 0 amide bonds. The van der Waals surface area contributed by atoms with E-state index in [0.717, 1.165) is 18.2 Å². The van der Waals surface area contributed by atoms with E-state index >= 15 is 0 Å². The van der Waals surface area contributed by atoms with Gasteiger partial charge in [-0.15, -0.1) is 0 Å². The van der Waals surface area contributed by atoms with Gasteiger partial charge in [-0.3, -0.25) is 0 Å². The topological polar surface area (TPSA) is 38.0 Å². The molecule has 0 bridgehead atoms. The van der Waals surface area contributed by atoms with Crippen molar-refractivity contribution in [1.82, 2.24) is 0 Å². The van der Waals surface area contributed by atoms with Gasteiger partial charge < -0.3 is 11.1 Å². The fourth-order valence-corrected chi connectivity index (χ4v) is 2.94. The van der Waals surface area contributed by atoms with E-state index in [2.05, 4.69) is 12.2 Å². The van der Waals surface area contributed by atoms with Gasteiger partial charge in [-0.2, -0.15) is 0 Å². The maximum Gasteiger partial charge on any atom is 0.135 e. The first-order valence-electron chi connectivity index (χ1n) is 6.91. The Balaban J connectivity index is 1.96. The quantitative estimate of drug-likeness (QED) is 0.826. The van der Waals surface area contributed by atoms with Gasteiger partial charge in [0.2, 0.25) is 0 Å². The first kappa shape index (κ1) is 14.3. The SMILES string of the molecule is CC1CCCCC1CNc1ccc(C(N)=S)c(F)c1. The summed E-state index contributed by atoms with van der Waals surface area (Å²) >= 11 is 4.79. The van der Waals surface area contributed by atoms with Crippen LogP contribution in [0.4, 0.5) is 10.1 Å². The van der Waals surface area contributed by atoms with E-state index in [4.69, 9.17) is 18.0 Å². The van der Waals surface area contributed by atoms with Crippen LogP contribution >= 0.6 is 12.2 Å². The number of anilines is 1. The summed E-state index contributed by atoms with van der Waals surface area (Å²) in [5.74, 6) is 1.09. The Morgan fingerprint density at radius 2 is 2.16 bits per heavy atom. The minimum absolute atomic E-state index is 0.102. The van der Waals surface area contributed by atoms with Crippen molar-refractivity contribution in [1.29, 1.82) is 0 Å². The Kier molecular flexibility index (Phi) is 4.75. The summed E-state index contributed by atoms with van der Waals surface area (Å²) in [5, 5.41) is 3.33. The minimum Gasteiger partial charge on any atom is -0.389 e. The van der Waals surface area contributed by atoms with Crippen LogP contribution in [-0.4, -0.2) is 11.5 Å². The summed E-state index contributed by atoms with van der Waals surface area (Å²) in [6.45, 7) is 3.22. The average molecular weight is 280 g/mol. The summed E-state index contributed by atoms with van der Waals surface area (Å²) in [6.07, 6.45) is 5.23. The van der Waals surface area contributed by atoms with Crippen molar-refractivity contribution in [2.24, 2.45) is 17.6 Å². The van der Waals surface area contributed by atoms with Gasteiger partial charge in [0, 0.05) is 17.8 Å². The molecule has 1 saturated carbocycles. The van der Waals surface area contributed by atoms with Crippen molar-refractivity contribution in [3.8, 4) is 0 Å². The molecule has 0 spiro atoms. The molecule has 104 valence electrons. The van der Waals surface area contributed by atoms with E-state index in [0.29, 0.717) is 11.5 Å². The molecule has 0 radical (unpaired) electrons. The number of hydrogen-bond acceptors (Lipinski definition) is 2. The normalized spacial score (nSPS) is 23.1. The Morgan fingerprint density at radius 3 is 2.79 bits per heavy atom. The number of thiocarbonyl (C=S) groups is 1. The molecule has 1 aliphatic carbocycles. The van der Waals surface area contributed by atoms with Crippen molar-refractivity contribution in [2.45, 2.75) is 32.6 Å². The molecule has 0 saturated heterocycles. The summed E-state index contributed by atoms with van der Waals surface area (Å²) in [6, 6.07) is 4.96. The molecule has 0 heterocycles. The van der Waals surface area contributed by atoms with Crippen LogP contribution in [0.2, 0.25) is 0 Å². The smallest absolute Gasteiger partial charge is 0.135 e. The lowest BCUT2D eigenvalue weighted by Gasteiger charge is -2.29. The van der Waals surface area contributed by atoms with Crippen molar-refractivity contribution < 1.29 is 4.39 Å². The van der Waals surface area contributed by atoms with E-state index in [1.807, 2.05) is 6.07 Å². The highest BCUT2D eigenvalue weighted by Crippen LogP contribution is 2.29. The van der Waals surface area contributed by atoms with Gasteiger partial charge in [0.05, 0.1) is 0 Å². The molecule has 2 atom stereocenters. The highest BCUT2D eigenvalue weighted by molar-refractivity contribution is 7.80. The summed E-state index contributed by atoms with van der Waals surface area (Å²) in [7, 11) is 0. The zero-order valence-electron chi connectivity index (χ0n) is 11.3. The molecule has 1 fully saturated rings. The van der Waals surface area contributed by atoms with Crippen molar-refractivity contribution in [2.75, 3.05) is 11.9 Å². The molecule has 1 aliphatic rings. The lowest BCUT2D eigenvalue weighted by atomic mass is 9.80. The zero-order chi connectivity index (χ0) is 13.8. The van der Waals surface area contributed by atoms with Crippen LogP contribution in [0.5, 0.6) is 0 Å².